The SMILES string of the molecule is CCCCCCN1C(=O)C(C#N)=C(C)/C(=C/C=C2/N(C(C)C)c3ccccc3C2(C)C)C1=O. The van der Waals surface area contributed by atoms with Crippen LogP contribution in [0.15, 0.2) is 58.8 Å². The van der Waals surface area contributed by atoms with Gasteiger partial charge in [0.1, 0.15) is 11.6 Å². The van der Waals surface area contributed by atoms with Gasteiger partial charge in [0.15, 0.2) is 0 Å². The predicted octanol–water partition coefficient (Wildman–Crippen LogP) is 5.79. The van der Waals surface area contributed by atoms with Crippen LogP contribution >= 0.6 is 0 Å². The lowest BCUT2D eigenvalue weighted by atomic mass is 9.83. The standard InChI is InChI=1S/C28H35N3O2/c1-7-8-9-12-17-30-26(32)21(20(4)22(18-29)27(30)33)15-16-25-28(5,6)23-13-10-11-14-24(23)31(25)19(2)3/h10-11,13-16,19H,7-9,12,17H2,1-6H3/b21-15-,25-16+. The van der Waals surface area contributed by atoms with Crippen molar-refractivity contribution in [3.63, 3.8) is 0 Å². The van der Waals surface area contributed by atoms with Crippen molar-refractivity contribution in [2.45, 2.75) is 78.7 Å². The minimum atomic E-state index is -0.473. The van der Waals surface area contributed by atoms with Gasteiger partial charge < -0.3 is 4.90 Å². The summed E-state index contributed by atoms with van der Waals surface area (Å²) in [5, 5.41) is 9.64. The van der Waals surface area contributed by atoms with Crippen molar-refractivity contribution >= 4 is 17.5 Å². The third kappa shape index (κ3) is 4.39. The van der Waals surface area contributed by atoms with E-state index >= 15 is 0 Å². The number of anilines is 1. The summed E-state index contributed by atoms with van der Waals surface area (Å²) in [5.41, 5.74) is 4.22. The van der Waals surface area contributed by atoms with E-state index in [0.717, 1.165) is 31.4 Å². The second kappa shape index (κ2) is 9.79. The summed E-state index contributed by atoms with van der Waals surface area (Å²) in [6.07, 6.45) is 7.65. The smallest absolute Gasteiger partial charge is 0.271 e. The molecule has 0 fully saturated rings. The molecule has 0 N–H and O–H groups in total. The number of unbranched alkanes of at least 4 members (excludes halogenated alkanes) is 3. The molecule has 0 unspecified atom stereocenters. The molecule has 2 aliphatic heterocycles. The third-order valence-corrected chi connectivity index (χ3v) is 6.72. The Bertz CT molecular complexity index is 1080. The zero-order chi connectivity index (χ0) is 24.3. The maximum atomic E-state index is 13.3. The fraction of sp³-hybridized carbons (Fsp3) is 0.464. The Morgan fingerprint density at radius 3 is 2.39 bits per heavy atom. The Balaban J connectivity index is 2.05. The Labute approximate surface area is 198 Å². The quantitative estimate of drug-likeness (QED) is 0.303. The van der Waals surface area contributed by atoms with Crippen molar-refractivity contribution in [2.75, 3.05) is 11.4 Å². The van der Waals surface area contributed by atoms with E-state index in [9.17, 15) is 14.9 Å². The van der Waals surface area contributed by atoms with E-state index in [-0.39, 0.29) is 22.9 Å². The largest absolute Gasteiger partial charge is 0.341 e. The Morgan fingerprint density at radius 2 is 1.76 bits per heavy atom. The van der Waals surface area contributed by atoms with Crippen LogP contribution in [-0.4, -0.2) is 29.3 Å². The normalized spacial score (nSPS) is 20.3. The molecule has 0 bridgehead atoms. The highest BCUT2D eigenvalue weighted by Gasteiger charge is 2.41. The van der Waals surface area contributed by atoms with Crippen molar-refractivity contribution < 1.29 is 9.59 Å². The van der Waals surface area contributed by atoms with Crippen LogP contribution in [0.1, 0.15) is 72.8 Å². The minimum Gasteiger partial charge on any atom is -0.341 e. The van der Waals surface area contributed by atoms with Crippen molar-refractivity contribution in [2.24, 2.45) is 0 Å². The number of para-hydroxylation sites is 1. The predicted molar refractivity (Wildman–Crippen MR) is 132 cm³/mol. The van der Waals surface area contributed by atoms with Gasteiger partial charge in [-0.15, -0.1) is 0 Å². The van der Waals surface area contributed by atoms with Crippen LogP contribution in [-0.2, 0) is 15.0 Å². The number of fused-ring (bicyclic) bond motifs is 1. The van der Waals surface area contributed by atoms with Crippen LogP contribution in [0.5, 0.6) is 0 Å². The molecule has 2 aliphatic rings. The average Bonchev–Trinajstić information content (AvgIpc) is 3.00. The second-order valence-electron chi connectivity index (χ2n) is 9.67. The molecule has 0 saturated carbocycles. The lowest BCUT2D eigenvalue weighted by molar-refractivity contribution is -0.140. The fourth-order valence-electron chi connectivity index (χ4n) is 4.84. The van der Waals surface area contributed by atoms with Crippen LogP contribution in [0.4, 0.5) is 5.69 Å². The van der Waals surface area contributed by atoms with Gasteiger partial charge in [-0.1, -0.05) is 58.2 Å². The van der Waals surface area contributed by atoms with E-state index < -0.39 is 5.91 Å². The summed E-state index contributed by atoms with van der Waals surface area (Å²) in [7, 11) is 0. The first-order valence-electron chi connectivity index (χ1n) is 12.0. The molecule has 0 atom stereocenters. The molecule has 0 spiro atoms. The van der Waals surface area contributed by atoms with E-state index in [2.05, 4.69) is 57.7 Å². The van der Waals surface area contributed by atoms with Gasteiger partial charge in [-0.3, -0.25) is 14.5 Å². The minimum absolute atomic E-state index is 0.0597. The number of hydrogen-bond acceptors (Lipinski definition) is 4. The molecule has 0 aliphatic carbocycles. The van der Waals surface area contributed by atoms with E-state index in [1.54, 1.807) is 13.0 Å². The van der Waals surface area contributed by atoms with Gasteiger partial charge in [0.25, 0.3) is 11.8 Å². The number of carbonyl (C=O) groups excluding carboxylic acids is 2. The number of hydrogen-bond donors (Lipinski definition) is 0. The fourth-order valence-corrected chi connectivity index (χ4v) is 4.84. The Morgan fingerprint density at radius 1 is 1.06 bits per heavy atom. The number of imide groups is 1. The molecular formula is C28H35N3O2. The van der Waals surface area contributed by atoms with Crippen LogP contribution in [0, 0.1) is 11.3 Å². The first-order valence-corrected chi connectivity index (χ1v) is 12.0. The molecule has 1 aromatic rings. The molecule has 5 heteroatoms. The summed E-state index contributed by atoms with van der Waals surface area (Å²) < 4.78 is 0. The van der Waals surface area contributed by atoms with Crippen LogP contribution in [0.3, 0.4) is 0 Å². The zero-order valence-electron chi connectivity index (χ0n) is 20.7. The second-order valence-corrected chi connectivity index (χ2v) is 9.67. The zero-order valence-corrected chi connectivity index (χ0v) is 20.7. The molecule has 2 heterocycles. The van der Waals surface area contributed by atoms with Crippen molar-refractivity contribution in [3.8, 4) is 6.07 Å². The number of benzene rings is 1. The van der Waals surface area contributed by atoms with Gasteiger partial charge >= 0.3 is 0 Å². The maximum absolute atomic E-state index is 13.3. The Kier molecular flexibility index (Phi) is 7.27. The van der Waals surface area contributed by atoms with E-state index in [1.165, 1.54) is 16.2 Å². The Hall–Kier alpha value is -3.13. The molecular weight excluding hydrogens is 410 g/mol. The highest BCUT2D eigenvalue weighted by atomic mass is 16.2. The third-order valence-electron chi connectivity index (χ3n) is 6.72. The van der Waals surface area contributed by atoms with Gasteiger partial charge in [-0.25, -0.2) is 0 Å². The molecule has 0 aromatic heterocycles. The number of nitrogens with zero attached hydrogens (tertiary/aromatic N) is 3. The van der Waals surface area contributed by atoms with Gasteiger partial charge in [0.2, 0.25) is 0 Å². The lowest BCUT2D eigenvalue weighted by Crippen LogP contribution is -2.43. The first kappa shape index (κ1) is 24.5. The highest BCUT2D eigenvalue weighted by Crippen LogP contribution is 2.48. The molecule has 1 aromatic carbocycles. The molecule has 33 heavy (non-hydrogen) atoms. The van der Waals surface area contributed by atoms with Gasteiger partial charge in [0, 0.05) is 35.0 Å². The summed E-state index contributed by atoms with van der Waals surface area (Å²) in [4.78, 5) is 29.7. The van der Waals surface area contributed by atoms with E-state index in [1.807, 2.05) is 18.2 Å². The van der Waals surface area contributed by atoms with E-state index in [0.29, 0.717) is 17.7 Å². The van der Waals surface area contributed by atoms with Gasteiger partial charge in [-0.2, -0.15) is 5.26 Å². The molecule has 5 nitrogen and oxygen atoms in total. The number of amides is 2. The van der Waals surface area contributed by atoms with Gasteiger partial charge in [-0.05, 0) is 56.5 Å². The summed E-state index contributed by atoms with van der Waals surface area (Å²) >= 11 is 0. The van der Waals surface area contributed by atoms with Crippen LogP contribution < -0.4 is 4.90 Å². The van der Waals surface area contributed by atoms with Crippen LogP contribution in [0.25, 0.3) is 0 Å². The van der Waals surface area contributed by atoms with Crippen molar-refractivity contribution in [1.29, 1.82) is 5.26 Å². The van der Waals surface area contributed by atoms with Crippen molar-refractivity contribution in [1.82, 2.24) is 4.90 Å². The molecule has 174 valence electrons. The van der Waals surface area contributed by atoms with Gasteiger partial charge in [0.05, 0.1) is 0 Å². The summed E-state index contributed by atoms with van der Waals surface area (Å²) in [5.74, 6) is -0.784. The van der Waals surface area contributed by atoms with Crippen LogP contribution in [0.2, 0.25) is 0 Å². The van der Waals surface area contributed by atoms with E-state index in [4.69, 9.17) is 0 Å². The first-order chi connectivity index (χ1) is 15.7. The summed E-state index contributed by atoms with van der Waals surface area (Å²) in [6, 6.07) is 10.7. The number of carbonyl (C=O) groups is 2. The number of nitriles is 1. The average molecular weight is 446 g/mol. The monoisotopic (exact) mass is 445 g/mol. The highest BCUT2D eigenvalue weighted by molar-refractivity contribution is 6.18. The number of rotatable bonds is 7. The molecule has 3 rings (SSSR count). The molecule has 2 amide bonds. The molecule has 0 saturated heterocycles. The van der Waals surface area contributed by atoms with Crippen molar-refractivity contribution in [3.05, 3.63) is 64.4 Å². The topological polar surface area (TPSA) is 64.4 Å². The lowest BCUT2D eigenvalue weighted by Gasteiger charge is -2.30. The number of allylic oxidation sites excluding steroid dienone is 3. The molecule has 0 radical (unpaired) electrons. The summed E-state index contributed by atoms with van der Waals surface area (Å²) in [6.45, 7) is 12.8. The maximum Gasteiger partial charge on any atom is 0.271 e.